The van der Waals surface area contributed by atoms with Crippen molar-refractivity contribution in [2.75, 3.05) is 13.2 Å². The zero-order valence-electron chi connectivity index (χ0n) is 20.5. The summed E-state index contributed by atoms with van der Waals surface area (Å²) in [4.78, 5) is 30.9. The van der Waals surface area contributed by atoms with E-state index in [1.807, 2.05) is 0 Å². The molecule has 3 aliphatic rings. The zero-order valence-corrected chi connectivity index (χ0v) is 20.5. The summed E-state index contributed by atoms with van der Waals surface area (Å²) in [7, 11) is 0. The highest BCUT2D eigenvalue weighted by Gasteiger charge is 2.47. The highest BCUT2D eigenvalue weighted by Crippen LogP contribution is 2.46. The number of rotatable bonds is 6. The third-order valence-corrected chi connectivity index (χ3v) is 6.77. The number of pyridine rings is 1. The SMILES string of the molecule is C[C@]1(C(N)=O)COc2c1cc([C@@H](CNC(=O)C1=CN3C=[N+]=CC=C3C=C1)C(F)(F)F)nc2-c1ccc(F)cc1. The highest BCUT2D eigenvalue weighted by atomic mass is 19.4. The van der Waals surface area contributed by atoms with Crippen LogP contribution in [0.2, 0.25) is 0 Å². The maximum atomic E-state index is 14.4. The zero-order chi connectivity index (χ0) is 27.9. The first-order chi connectivity index (χ1) is 18.5. The number of primary amides is 1. The summed E-state index contributed by atoms with van der Waals surface area (Å²) in [5.41, 5.74) is 5.03. The summed E-state index contributed by atoms with van der Waals surface area (Å²) < 4.78 is 66.4. The second-order valence-corrected chi connectivity index (χ2v) is 9.40. The monoisotopic (exact) mass is 540 g/mol. The number of fused-ring (bicyclic) bond motifs is 2. The fraction of sp³-hybridized carbons (Fsp3) is 0.222. The fourth-order valence-electron chi connectivity index (χ4n) is 4.41. The summed E-state index contributed by atoms with van der Waals surface area (Å²) in [5, 5.41) is 2.34. The van der Waals surface area contributed by atoms with E-state index in [1.54, 1.807) is 23.3 Å². The van der Waals surface area contributed by atoms with Crippen LogP contribution in [0.25, 0.3) is 11.3 Å². The van der Waals surface area contributed by atoms with Gasteiger partial charge < -0.3 is 15.8 Å². The number of alkyl halides is 3. The number of nitrogens with one attached hydrogen (secondary N) is 1. The quantitative estimate of drug-likeness (QED) is 0.432. The van der Waals surface area contributed by atoms with Crippen LogP contribution in [0.1, 0.15) is 24.1 Å². The lowest BCUT2D eigenvalue weighted by molar-refractivity contribution is -0.151. The number of carbonyl (C=O) groups is 2. The molecule has 0 saturated heterocycles. The standard InChI is InChI=1S/C27H21F4N5O3/c1-26(25(32)38)13-39-23-19(26)10-21(35-22(23)15-2-5-17(28)6-3-15)20(27(29,30)31)11-34-24(37)16-4-7-18-8-9-33-14-36(18)12-16/h2-10,12,14,20H,11,13H2,1H3,(H2-,32,34,37,38)/p+1/t20-,26+/m1/s1. The first-order valence-electron chi connectivity index (χ1n) is 11.8. The summed E-state index contributed by atoms with van der Waals surface area (Å²) in [6.45, 7) is 0.440. The number of allylic oxidation sites excluding steroid dienone is 2. The molecule has 200 valence electrons. The van der Waals surface area contributed by atoms with Crippen molar-refractivity contribution in [1.29, 1.82) is 0 Å². The van der Waals surface area contributed by atoms with Gasteiger partial charge in [0.15, 0.2) is 6.21 Å². The van der Waals surface area contributed by atoms with Crippen LogP contribution in [-0.2, 0) is 15.0 Å². The van der Waals surface area contributed by atoms with E-state index in [9.17, 15) is 27.2 Å². The van der Waals surface area contributed by atoms with E-state index in [0.717, 1.165) is 23.9 Å². The van der Waals surface area contributed by atoms with Crippen LogP contribution in [0.4, 0.5) is 17.6 Å². The van der Waals surface area contributed by atoms with Gasteiger partial charge in [0.2, 0.25) is 5.91 Å². The number of carbonyl (C=O) groups excluding carboxylic acids is 2. The minimum Gasteiger partial charge on any atom is -0.489 e. The van der Waals surface area contributed by atoms with Gasteiger partial charge in [0.1, 0.15) is 47.1 Å². The van der Waals surface area contributed by atoms with Crippen molar-refractivity contribution < 1.29 is 31.9 Å². The molecule has 4 heterocycles. The number of hydrogen-bond donors (Lipinski definition) is 2. The van der Waals surface area contributed by atoms with Gasteiger partial charge in [-0.05, 0) is 49.4 Å². The van der Waals surface area contributed by atoms with Crippen molar-refractivity contribution in [3.05, 3.63) is 83.1 Å². The third-order valence-electron chi connectivity index (χ3n) is 6.77. The molecule has 2 atom stereocenters. The molecular formula is C27H22F4N5O3+. The molecule has 0 fully saturated rings. The molecule has 2 amide bonds. The minimum absolute atomic E-state index is 0.00600. The Bertz CT molecular complexity index is 1520. The van der Waals surface area contributed by atoms with Crippen molar-refractivity contribution in [3.8, 4) is 17.0 Å². The van der Waals surface area contributed by atoms with Crippen LogP contribution >= 0.6 is 0 Å². The first-order valence-corrected chi connectivity index (χ1v) is 11.8. The molecule has 12 heteroatoms. The summed E-state index contributed by atoms with van der Waals surface area (Å²) in [6, 6.07) is 6.11. The second kappa shape index (κ2) is 9.55. The average molecular weight is 540 g/mol. The minimum atomic E-state index is -4.82. The number of ether oxygens (including phenoxy) is 1. The average Bonchev–Trinajstić information content (AvgIpc) is 3.25. The maximum absolute atomic E-state index is 14.4. The number of nitrogens with zero attached hydrogens (tertiary/aromatic N) is 3. The molecule has 1 aromatic heterocycles. The Morgan fingerprint density at radius 2 is 2.00 bits per heavy atom. The van der Waals surface area contributed by atoms with Gasteiger partial charge in [-0.25, -0.2) is 14.0 Å². The molecule has 0 bridgehead atoms. The molecule has 0 radical (unpaired) electrons. The molecule has 8 nitrogen and oxygen atoms in total. The van der Waals surface area contributed by atoms with E-state index in [2.05, 4.69) is 15.0 Å². The van der Waals surface area contributed by atoms with Crippen molar-refractivity contribution in [3.63, 3.8) is 0 Å². The van der Waals surface area contributed by atoms with Gasteiger partial charge in [-0.15, -0.1) is 0 Å². The van der Waals surface area contributed by atoms with E-state index in [-0.39, 0.29) is 34.8 Å². The van der Waals surface area contributed by atoms with Crippen LogP contribution in [0.5, 0.6) is 5.75 Å². The van der Waals surface area contributed by atoms with E-state index in [0.29, 0.717) is 0 Å². The molecule has 5 rings (SSSR count). The molecule has 2 aromatic rings. The van der Waals surface area contributed by atoms with Crippen LogP contribution < -0.4 is 20.5 Å². The molecule has 0 saturated carbocycles. The van der Waals surface area contributed by atoms with Gasteiger partial charge in [-0.2, -0.15) is 18.1 Å². The lowest BCUT2D eigenvalue weighted by Gasteiger charge is -2.24. The van der Waals surface area contributed by atoms with Crippen LogP contribution in [0.15, 0.2) is 66.0 Å². The molecule has 0 spiro atoms. The van der Waals surface area contributed by atoms with Gasteiger partial charge in [0.25, 0.3) is 5.91 Å². The van der Waals surface area contributed by atoms with Crippen LogP contribution in [-0.4, -0.2) is 53.6 Å². The van der Waals surface area contributed by atoms with Crippen molar-refractivity contribution in [2.45, 2.75) is 24.4 Å². The number of aromatic nitrogens is 1. The number of amides is 2. The fourth-order valence-corrected chi connectivity index (χ4v) is 4.41. The van der Waals surface area contributed by atoms with Gasteiger partial charge in [-0.3, -0.25) is 9.59 Å². The third kappa shape index (κ3) is 4.82. The Balaban J connectivity index is 1.51. The topological polar surface area (TPSA) is 112 Å². The van der Waals surface area contributed by atoms with E-state index >= 15 is 0 Å². The van der Waals surface area contributed by atoms with Gasteiger partial charge >= 0.3 is 12.5 Å². The molecule has 0 aliphatic carbocycles. The summed E-state index contributed by atoms with van der Waals surface area (Å²) >= 11 is 0. The maximum Gasteiger partial charge on any atom is 0.398 e. The Morgan fingerprint density at radius 1 is 1.26 bits per heavy atom. The number of hydrogen-bond acceptors (Lipinski definition) is 5. The molecule has 1 aromatic carbocycles. The van der Waals surface area contributed by atoms with Gasteiger partial charge in [0.05, 0.1) is 11.3 Å². The summed E-state index contributed by atoms with van der Waals surface area (Å²) in [6.07, 6.45) is 4.51. The number of halogens is 4. The molecule has 3 N–H and O–H groups in total. The Hall–Kier alpha value is -4.70. The lowest BCUT2D eigenvalue weighted by Crippen LogP contribution is -2.40. The molecular weight excluding hydrogens is 518 g/mol. The van der Waals surface area contributed by atoms with E-state index < -0.39 is 47.4 Å². The largest absolute Gasteiger partial charge is 0.489 e. The number of nitrogens with two attached hydrogens (primary N) is 1. The van der Waals surface area contributed by atoms with Crippen molar-refractivity contribution >= 4 is 24.4 Å². The van der Waals surface area contributed by atoms with Crippen molar-refractivity contribution in [2.24, 2.45) is 5.73 Å². The lowest BCUT2D eigenvalue weighted by atomic mass is 9.82. The Labute approximate surface area is 219 Å². The van der Waals surface area contributed by atoms with E-state index in [1.165, 1.54) is 37.7 Å². The molecule has 3 aliphatic heterocycles. The first kappa shape index (κ1) is 25.9. The smallest absolute Gasteiger partial charge is 0.398 e. The Kier molecular flexibility index (Phi) is 6.35. The molecule has 0 unspecified atom stereocenters. The highest BCUT2D eigenvalue weighted by molar-refractivity contribution is 5.97. The Morgan fingerprint density at radius 3 is 2.69 bits per heavy atom. The van der Waals surface area contributed by atoms with Gasteiger partial charge in [0, 0.05) is 23.7 Å². The summed E-state index contributed by atoms with van der Waals surface area (Å²) in [5.74, 6) is -4.21. The molecule has 39 heavy (non-hydrogen) atoms. The van der Waals surface area contributed by atoms with Crippen molar-refractivity contribution in [1.82, 2.24) is 19.9 Å². The van der Waals surface area contributed by atoms with E-state index in [4.69, 9.17) is 10.5 Å². The normalized spacial score (nSPS) is 20.0. The van der Waals surface area contributed by atoms with Gasteiger partial charge in [-0.1, -0.05) is 0 Å². The predicted octanol–water partition coefficient (Wildman–Crippen LogP) is 2.60. The second-order valence-electron chi connectivity index (χ2n) is 9.40. The van der Waals surface area contributed by atoms with Crippen LogP contribution in [0, 0.1) is 5.82 Å². The van der Waals surface area contributed by atoms with Crippen LogP contribution in [0.3, 0.4) is 0 Å². The number of benzene rings is 1. The predicted molar refractivity (Wildman–Crippen MR) is 135 cm³/mol.